The Morgan fingerprint density at radius 1 is 0.974 bits per heavy atom. The molecular weight excluding hydrogens is 515 g/mol. The molecule has 2 heterocycles. The van der Waals surface area contributed by atoms with E-state index < -0.39 is 22.7 Å². The number of alkyl halides is 3. The highest BCUT2D eigenvalue weighted by Crippen LogP contribution is 2.39. The van der Waals surface area contributed by atoms with E-state index in [1.165, 1.54) is 6.07 Å². The van der Waals surface area contributed by atoms with E-state index in [9.17, 15) is 22.8 Å². The maximum atomic E-state index is 13.6. The molecule has 5 nitrogen and oxygen atoms in total. The lowest BCUT2D eigenvalue weighted by molar-refractivity contribution is -0.137. The number of pyridine rings is 1. The summed E-state index contributed by atoms with van der Waals surface area (Å²) in [5.41, 5.74) is 2.28. The van der Waals surface area contributed by atoms with Gasteiger partial charge in [-0.3, -0.25) is 14.6 Å². The summed E-state index contributed by atoms with van der Waals surface area (Å²) in [6.07, 6.45) is -2.34. The van der Waals surface area contributed by atoms with Crippen LogP contribution < -0.4 is 10.2 Å². The maximum Gasteiger partial charge on any atom is 0.417 e. The second-order valence-corrected chi connectivity index (χ2v) is 9.24. The predicted octanol–water partition coefficient (Wildman–Crippen LogP) is 6.80. The van der Waals surface area contributed by atoms with Gasteiger partial charge in [-0.15, -0.1) is 0 Å². The fraction of sp³-hybridized carbons (Fsp3) is 0.138. The first-order chi connectivity index (χ1) is 18.2. The second kappa shape index (κ2) is 10.3. The second-order valence-electron chi connectivity index (χ2n) is 8.83. The zero-order chi connectivity index (χ0) is 26.9. The van der Waals surface area contributed by atoms with Crippen molar-refractivity contribution in [3.05, 3.63) is 112 Å². The third kappa shape index (κ3) is 5.26. The first-order valence-corrected chi connectivity index (χ1v) is 12.2. The van der Waals surface area contributed by atoms with Gasteiger partial charge in [0.05, 0.1) is 17.0 Å². The lowest BCUT2D eigenvalue weighted by atomic mass is 9.96. The first-order valence-electron chi connectivity index (χ1n) is 11.8. The number of carbonyl (C=O) groups excluding carboxylic acids is 2. The summed E-state index contributed by atoms with van der Waals surface area (Å²) < 4.78 is 40.8. The Morgan fingerprint density at radius 3 is 2.45 bits per heavy atom. The van der Waals surface area contributed by atoms with E-state index in [0.29, 0.717) is 29.9 Å². The van der Waals surface area contributed by atoms with Gasteiger partial charge >= 0.3 is 6.18 Å². The van der Waals surface area contributed by atoms with Crippen molar-refractivity contribution in [2.45, 2.75) is 19.0 Å². The molecule has 5 rings (SSSR count). The van der Waals surface area contributed by atoms with Gasteiger partial charge in [-0.2, -0.15) is 13.2 Å². The highest BCUT2D eigenvalue weighted by atomic mass is 35.5. The lowest BCUT2D eigenvalue weighted by Gasteiger charge is -2.18. The van der Waals surface area contributed by atoms with Gasteiger partial charge < -0.3 is 10.2 Å². The van der Waals surface area contributed by atoms with Crippen LogP contribution in [0, 0.1) is 0 Å². The van der Waals surface area contributed by atoms with Gasteiger partial charge in [-0.1, -0.05) is 48.0 Å². The Bertz CT molecular complexity index is 1510. The van der Waals surface area contributed by atoms with Gasteiger partial charge in [0, 0.05) is 35.4 Å². The number of hydrogen-bond acceptors (Lipinski definition) is 3. The Balaban J connectivity index is 1.41. The minimum atomic E-state index is -4.72. The molecule has 0 spiro atoms. The van der Waals surface area contributed by atoms with Crippen molar-refractivity contribution in [3.63, 3.8) is 0 Å². The molecule has 0 radical (unpaired) electrons. The van der Waals surface area contributed by atoms with Crippen LogP contribution in [-0.2, 0) is 23.8 Å². The number of nitrogens with zero attached hydrogens (tertiary/aromatic N) is 2. The summed E-state index contributed by atoms with van der Waals surface area (Å²) >= 11 is 5.97. The van der Waals surface area contributed by atoms with Gasteiger partial charge in [-0.25, -0.2) is 0 Å². The normalized spacial score (nSPS) is 12.8. The fourth-order valence-electron chi connectivity index (χ4n) is 4.52. The van der Waals surface area contributed by atoms with E-state index in [1.807, 2.05) is 6.07 Å². The summed E-state index contributed by atoms with van der Waals surface area (Å²) in [7, 11) is 0. The van der Waals surface area contributed by atoms with Gasteiger partial charge in [0.1, 0.15) is 0 Å². The third-order valence-corrected chi connectivity index (χ3v) is 6.65. The van der Waals surface area contributed by atoms with Gasteiger partial charge in [0.2, 0.25) is 5.91 Å². The van der Waals surface area contributed by atoms with Crippen molar-refractivity contribution in [2.75, 3.05) is 16.8 Å². The van der Waals surface area contributed by atoms with Gasteiger partial charge in [0.25, 0.3) is 5.91 Å². The molecule has 4 aromatic rings. The van der Waals surface area contributed by atoms with Crippen molar-refractivity contribution in [1.29, 1.82) is 0 Å². The summed E-state index contributed by atoms with van der Waals surface area (Å²) in [6.45, 7) is 0.489. The van der Waals surface area contributed by atoms with E-state index in [-0.39, 0.29) is 23.5 Å². The average Bonchev–Trinajstić information content (AvgIpc) is 3.32. The number of hydrogen-bond donors (Lipinski definition) is 1. The van der Waals surface area contributed by atoms with Crippen molar-refractivity contribution >= 4 is 34.8 Å². The number of carbonyl (C=O) groups is 2. The number of halogens is 4. The molecule has 9 heteroatoms. The Labute approximate surface area is 221 Å². The zero-order valence-corrected chi connectivity index (χ0v) is 20.7. The van der Waals surface area contributed by atoms with Crippen molar-refractivity contribution in [1.82, 2.24) is 4.98 Å². The van der Waals surface area contributed by atoms with Gasteiger partial charge in [0.15, 0.2) is 0 Å². The van der Waals surface area contributed by atoms with Gasteiger partial charge in [-0.05, 0) is 65.6 Å². The van der Waals surface area contributed by atoms with Crippen LogP contribution in [0.2, 0.25) is 5.02 Å². The minimum absolute atomic E-state index is 0.0902. The molecule has 1 aliphatic heterocycles. The van der Waals surface area contributed by atoms with Crippen molar-refractivity contribution < 1.29 is 22.8 Å². The monoisotopic (exact) mass is 535 g/mol. The number of fused-ring (bicyclic) bond motifs is 1. The quantitative estimate of drug-likeness (QED) is 0.305. The van der Waals surface area contributed by atoms with E-state index in [1.54, 1.807) is 71.8 Å². The van der Waals surface area contributed by atoms with Crippen molar-refractivity contribution in [2.24, 2.45) is 0 Å². The number of benzene rings is 3. The minimum Gasteiger partial charge on any atom is -0.322 e. The molecule has 0 atom stereocenters. The van der Waals surface area contributed by atoms with Crippen LogP contribution in [0.5, 0.6) is 0 Å². The highest BCUT2D eigenvalue weighted by molar-refractivity contribution is 6.32. The van der Waals surface area contributed by atoms with Crippen LogP contribution in [0.3, 0.4) is 0 Å². The van der Waals surface area contributed by atoms with Crippen LogP contribution in [0.25, 0.3) is 11.1 Å². The third-order valence-electron chi connectivity index (χ3n) is 6.33. The Kier molecular flexibility index (Phi) is 6.91. The molecular formula is C29H21ClF3N3O2. The molecule has 1 N–H and O–H groups in total. The number of aromatic nitrogens is 1. The summed E-state index contributed by atoms with van der Waals surface area (Å²) in [4.78, 5) is 32.0. The zero-order valence-electron chi connectivity index (χ0n) is 19.9. The summed E-state index contributed by atoms with van der Waals surface area (Å²) in [6, 6.07) is 21.1. The van der Waals surface area contributed by atoms with Crippen LogP contribution >= 0.6 is 11.6 Å². The maximum absolute atomic E-state index is 13.6. The lowest BCUT2D eigenvalue weighted by Crippen LogP contribution is -2.30. The fourth-order valence-corrected chi connectivity index (χ4v) is 4.80. The largest absolute Gasteiger partial charge is 0.417 e. The first kappa shape index (κ1) is 25.5. The molecule has 1 aliphatic rings. The summed E-state index contributed by atoms with van der Waals surface area (Å²) in [5, 5.41) is 2.23. The number of amides is 2. The molecule has 2 amide bonds. The molecule has 0 aliphatic carbocycles. The number of rotatable bonds is 5. The molecule has 192 valence electrons. The average molecular weight is 536 g/mol. The molecule has 3 aromatic carbocycles. The van der Waals surface area contributed by atoms with E-state index >= 15 is 0 Å². The van der Waals surface area contributed by atoms with Crippen LogP contribution in [0.15, 0.2) is 85.1 Å². The molecule has 38 heavy (non-hydrogen) atoms. The summed E-state index contributed by atoms with van der Waals surface area (Å²) in [5.74, 6) is -0.792. The predicted molar refractivity (Wildman–Crippen MR) is 140 cm³/mol. The number of anilines is 2. The standard InChI is InChI=1S/C29H21ClF3N3O2/c30-25-17-22(18-6-2-1-3-7-18)23(16-24(25)29(31,32)33)28(38)35-21-9-10-26-19(14-21)11-13-36(26)27(37)15-20-8-4-5-12-34-20/h1-10,12,14,16-17H,11,13,15H2,(H,35,38). The Hall–Kier alpha value is -4.17. The van der Waals surface area contributed by atoms with Crippen LogP contribution in [0.1, 0.15) is 27.2 Å². The highest BCUT2D eigenvalue weighted by Gasteiger charge is 2.35. The van der Waals surface area contributed by atoms with E-state index in [2.05, 4.69) is 10.3 Å². The molecule has 1 aromatic heterocycles. The molecule has 0 saturated carbocycles. The molecule has 0 bridgehead atoms. The van der Waals surface area contributed by atoms with Crippen LogP contribution in [-0.4, -0.2) is 23.3 Å². The SMILES string of the molecule is O=C(Nc1ccc2c(c1)CCN2C(=O)Cc1ccccn1)c1cc(C(F)(F)F)c(Cl)cc1-c1ccccc1. The molecule has 0 unspecified atom stereocenters. The topological polar surface area (TPSA) is 62.3 Å². The van der Waals surface area contributed by atoms with Crippen molar-refractivity contribution in [3.8, 4) is 11.1 Å². The van der Waals surface area contributed by atoms with E-state index in [4.69, 9.17) is 11.6 Å². The molecule has 0 fully saturated rings. The smallest absolute Gasteiger partial charge is 0.322 e. The molecule has 0 saturated heterocycles. The Morgan fingerprint density at radius 2 is 1.74 bits per heavy atom. The van der Waals surface area contributed by atoms with Crippen LogP contribution in [0.4, 0.5) is 24.5 Å². The number of nitrogens with one attached hydrogen (secondary N) is 1. The van der Waals surface area contributed by atoms with E-state index in [0.717, 1.165) is 17.3 Å².